The molecule has 1 atom stereocenters. The molecule has 3 aliphatic rings. The van der Waals surface area contributed by atoms with Crippen LogP contribution in [0.25, 0.3) is 0 Å². The molecule has 1 heteroatoms. The molecule has 0 aliphatic heterocycles. The summed E-state index contributed by atoms with van der Waals surface area (Å²) in [7, 11) is 0. The highest BCUT2D eigenvalue weighted by molar-refractivity contribution is 5.26. The Bertz CT molecular complexity index is 551. The average Bonchev–Trinajstić information content (AvgIpc) is 2.80. The highest BCUT2D eigenvalue weighted by Gasteiger charge is 2.41. The van der Waals surface area contributed by atoms with E-state index < -0.39 is 0 Å². The fourth-order valence-electron chi connectivity index (χ4n) is 7.09. The smallest absolute Gasteiger partial charge is 0.0782 e. The second-order valence-corrected chi connectivity index (χ2v) is 11.2. The maximum atomic E-state index is 10.1. The lowest BCUT2D eigenvalue weighted by Gasteiger charge is -2.42. The molecule has 30 heavy (non-hydrogen) atoms. The number of hydrogen-bond acceptors (Lipinski definition) is 1. The van der Waals surface area contributed by atoms with Crippen molar-refractivity contribution in [2.75, 3.05) is 0 Å². The van der Waals surface area contributed by atoms with Crippen molar-refractivity contribution < 1.29 is 0 Å². The van der Waals surface area contributed by atoms with Crippen molar-refractivity contribution in [2.45, 2.75) is 136 Å². The van der Waals surface area contributed by atoms with Gasteiger partial charge in [-0.15, -0.1) is 0 Å². The molecule has 170 valence electrons. The summed E-state index contributed by atoms with van der Waals surface area (Å²) in [6.45, 7) is 4.61. The van der Waals surface area contributed by atoms with E-state index in [0.29, 0.717) is 0 Å². The summed E-state index contributed by atoms with van der Waals surface area (Å²) in [5.74, 6) is 3.78. The van der Waals surface area contributed by atoms with E-state index in [0.717, 1.165) is 36.5 Å². The second-order valence-electron chi connectivity index (χ2n) is 11.2. The molecule has 0 spiro atoms. The molecule has 0 aromatic carbocycles. The number of unbranched alkanes of at least 4 members (excludes halogenated alkanes) is 4. The van der Waals surface area contributed by atoms with Gasteiger partial charge in [-0.1, -0.05) is 89.7 Å². The molecular weight excluding hydrogens is 362 g/mol. The number of hydrogen-bond donors (Lipinski definition) is 0. The zero-order valence-corrected chi connectivity index (χ0v) is 20.3. The molecule has 0 N–H and O–H groups in total. The monoisotopic (exact) mass is 411 g/mol. The van der Waals surface area contributed by atoms with Crippen LogP contribution in [0.3, 0.4) is 0 Å². The fourth-order valence-corrected chi connectivity index (χ4v) is 7.09. The quantitative estimate of drug-likeness (QED) is 0.259. The summed E-state index contributed by atoms with van der Waals surface area (Å²) in [6, 6.07) is 2.83. The minimum Gasteiger partial charge on any atom is -0.197 e. The molecule has 3 rings (SSSR count). The van der Waals surface area contributed by atoms with Crippen LogP contribution >= 0.6 is 0 Å². The van der Waals surface area contributed by atoms with Crippen molar-refractivity contribution in [3.05, 3.63) is 11.6 Å². The number of allylic oxidation sites excluding steroid dienone is 2. The van der Waals surface area contributed by atoms with E-state index >= 15 is 0 Å². The number of nitriles is 1. The average molecular weight is 412 g/mol. The van der Waals surface area contributed by atoms with E-state index in [2.05, 4.69) is 26.0 Å². The fraction of sp³-hybridized carbons (Fsp3) is 0.897. The molecule has 3 aliphatic carbocycles. The Morgan fingerprint density at radius 2 is 1.50 bits per heavy atom. The van der Waals surface area contributed by atoms with Crippen LogP contribution in [0.1, 0.15) is 136 Å². The SMILES string of the molecule is CCCCCCCC1CCC(C2CCC(C#N)(C3=CC[C@H](CCC)CC3)CC2)CC1. The van der Waals surface area contributed by atoms with E-state index in [1.165, 1.54) is 115 Å². The maximum absolute atomic E-state index is 10.1. The predicted molar refractivity (Wildman–Crippen MR) is 129 cm³/mol. The Hall–Kier alpha value is -0.770. The van der Waals surface area contributed by atoms with Crippen molar-refractivity contribution >= 4 is 0 Å². The van der Waals surface area contributed by atoms with Gasteiger partial charge in [-0.25, -0.2) is 0 Å². The van der Waals surface area contributed by atoms with E-state index in [1.54, 1.807) is 0 Å². The van der Waals surface area contributed by atoms with Gasteiger partial charge in [0.05, 0.1) is 11.5 Å². The van der Waals surface area contributed by atoms with Crippen molar-refractivity contribution in [3.63, 3.8) is 0 Å². The van der Waals surface area contributed by atoms with Gasteiger partial charge in [0.1, 0.15) is 0 Å². The normalized spacial score (nSPS) is 34.9. The topological polar surface area (TPSA) is 23.8 Å². The molecule has 0 radical (unpaired) electrons. The van der Waals surface area contributed by atoms with Crippen molar-refractivity contribution in [1.82, 2.24) is 0 Å². The standard InChI is InChI=1S/C29H49N/c1-3-5-6-7-8-10-25-11-15-26(16-12-25)27-19-21-29(23-30,22-20-27)28-17-13-24(9-4-2)14-18-28/h17,24-27H,3-16,18-22H2,1-2H3/t24-,25?,26?,27?,29?/m0/s1. The largest absolute Gasteiger partial charge is 0.197 e. The second kappa shape index (κ2) is 12.3. The van der Waals surface area contributed by atoms with Crippen LogP contribution in [0.15, 0.2) is 11.6 Å². The molecular formula is C29H49N. The molecule has 0 aromatic heterocycles. The van der Waals surface area contributed by atoms with Crippen LogP contribution in [0.5, 0.6) is 0 Å². The summed E-state index contributed by atoms with van der Waals surface area (Å²) in [6.07, 6.45) is 28.4. The Balaban J connectivity index is 1.40. The van der Waals surface area contributed by atoms with Crippen LogP contribution < -0.4 is 0 Å². The van der Waals surface area contributed by atoms with Crippen LogP contribution in [-0.4, -0.2) is 0 Å². The minimum atomic E-state index is -0.0939. The van der Waals surface area contributed by atoms with E-state index in [-0.39, 0.29) is 5.41 Å². The van der Waals surface area contributed by atoms with E-state index in [4.69, 9.17) is 0 Å². The van der Waals surface area contributed by atoms with Gasteiger partial charge in [0.2, 0.25) is 0 Å². The Morgan fingerprint density at radius 1 is 0.800 bits per heavy atom. The summed E-state index contributed by atoms with van der Waals surface area (Å²) in [4.78, 5) is 0. The molecule has 1 nitrogen and oxygen atoms in total. The van der Waals surface area contributed by atoms with Crippen LogP contribution in [0.4, 0.5) is 0 Å². The third-order valence-corrected chi connectivity index (χ3v) is 9.20. The molecule has 0 amide bonds. The molecule has 2 fully saturated rings. The molecule has 0 aromatic rings. The zero-order valence-electron chi connectivity index (χ0n) is 20.3. The van der Waals surface area contributed by atoms with E-state index in [1.807, 2.05) is 0 Å². The first-order valence-electron chi connectivity index (χ1n) is 13.8. The van der Waals surface area contributed by atoms with E-state index in [9.17, 15) is 5.26 Å². The first-order chi connectivity index (χ1) is 14.7. The third kappa shape index (κ3) is 6.37. The lowest BCUT2D eigenvalue weighted by Crippen LogP contribution is -2.33. The minimum absolute atomic E-state index is 0.0939. The van der Waals surface area contributed by atoms with Gasteiger partial charge in [0.25, 0.3) is 0 Å². The first kappa shape index (κ1) is 23.9. The highest BCUT2D eigenvalue weighted by atomic mass is 14.5. The summed E-state index contributed by atoms with van der Waals surface area (Å²) >= 11 is 0. The lowest BCUT2D eigenvalue weighted by molar-refractivity contribution is 0.130. The summed E-state index contributed by atoms with van der Waals surface area (Å²) in [5.41, 5.74) is 1.44. The molecule has 0 heterocycles. The van der Waals surface area contributed by atoms with Gasteiger partial charge in [0, 0.05) is 0 Å². The molecule has 0 unspecified atom stereocenters. The van der Waals surface area contributed by atoms with Crippen molar-refractivity contribution in [3.8, 4) is 6.07 Å². The molecule has 2 saturated carbocycles. The zero-order chi connectivity index (χ0) is 21.2. The number of rotatable bonds is 10. The van der Waals surface area contributed by atoms with Gasteiger partial charge in [-0.2, -0.15) is 5.26 Å². The Kier molecular flexibility index (Phi) is 9.80. The van der Waals surface area contributed by atoms with Gasteiger partial charge in [-0.05, 0) is 81.5 Å². The summed E-state index contributed by atoms with van der Waals surface area (Å²) < 4.78 is 0. The van der Waals surface area contributed by atoms with Crippen LogP contribution in [0, 0.1) is 40.4 Å². The number of nitrogens with zero attached hydrogens (tertiary/aromatic N) is 1. The van der Waals surface area contributed by atoms with Gasteiger partial charge in [-0.3, -0.25) is 0 Å². The lowest BCUT2D eigenvalue weighted by atomic mass is 9.61. The molecule has 0 saturated heterocycles. The maximum Gasteiger partial charge on any atom is 0.0782 e. The van der Waals surface area contributed by atoms with Gasteiger partial charge >= 0.3 is 0 Å². The Morgan fingerprint density at radius 3 is 2.10 bits per heavy atom. The predicted octanol–water partition coefficient (Wildman–Crippen LogP) is 9.38. The van der Waals surface area contributed by atoms with Gasteiger partial charge in [0.15, 0.2) is 0 Å². The summed E-state index contributed by atoms with van der Waals surface area (Å²) in [5, 5.41) is 10.1. The van der Waals surface area contributed by atoms with Crippen LogP contribution in [-0.2, 0) is 0 Å². The molecule has 0 bridgehead atoms. The van der Waals surface area contributed by atoms with Crippen molar-refractivity contribution in [1.29, 1.82) is 5.26 Å². The third-order valence-electron chi connectivity index (χ3n) is 9.20. The van der Waals surface area contributed by atoms with Gasteiger partial charge < -0.3 is 0 Å². The highest BCUT2D eigenvalue weighted by Crippen LogP contribution is 2.51. The first-order valence-corrected chi connectivity index (χ1v) is 13.8. The van der Waals surface area contributed by atoms with Crippen LogP contribution in [0.2, 0.25) is 0 Å². The Labute approximate surface area is 188 Å². The van der Waals surface area contributed by atoms with Crippen molar-refractivity contribution in [2.24, 2.45) is 29.1 Å².